The number of hydrogen-bond donors (Lipinski definition) is 1. The molecule has 4 rings (SSSR count). The molecule has 2 fully saturated rings. The number of anilines is 1. The Bertz CT molecular complexity index is 602. The van der Waals surface area contributed by atoms with Crippen molar-refractivity contribution in [1.29, 1.82) is 0 Å². The molecule has 2 aliphatic heterocycles. The first-order chi connectivity index (χ1) is 10.6. The zero-order chi connectivity index (χ0) is 15.3. The number of carbonyl (C=O) groups excluding carboxylic acids is 1. The maximum atomic E-state index is 12.6. The van der Waals surface area contributed by atoms with Crippen molar-refractivity contribution in [2.24, 2.45) is 0 Å². The van der Waals surface area contributed by atoms with Gasteiger partial charge in [-0.3, -0.25) is 4.79 Å². The lowest BCUT2D eigenvalue weighted by Crippen LogP contribution is -2.45. The van der Waals surface area contributed by atoms with Gasteiger partial charge in [0.1, 0.15) is 11.4 Å². The molecular weight excluding hydrogens is 282 g/mol. The van der Waals surface area contributed by atoms with Crippen molar-refractivity contribution in [3.63, 3.8) is 0 Å². The second-order valence-corrected chi connectivity index (χ2v) is 6.60. The number of amides is 1. The maximum absolute atomic E-state index is 12.6. The molecule has 6 heteroatoms. The normalized spacial score (nSPS) is 28.8. The van der Waals surface area contributed by atoms with Gasteiger partial charge in [-0.2, -0.15) is 0 Å². The Morgan fingerprint density at radius 3 is 3.00 bits per heavy atom. The highest BCUT2D eigenvalue weighted by Crippen LogP contribution is 2.39. The molecule has 22 heavy (non-hydrogen) atoms. The van der Waals surface area contributed by atoms with Crippen LogP contribution in [0.15, 0.2) is 18.3 Å². The highest BCUT2D eigenvalue weighted by Gasteiger charge is 2.51. The van der Waals surface area contributed by atoms with Gasteiger partial charge < -0.3 is 19.6 Å². The van der Waals surface area contributed by atoms with Crippen molar-refractivity contribution in [1.82, 2.24) is 9.88 Å². The first-order valence-corrected chi connectivity index (χ1v) is 7.86. The van der Waals surface area contributed by atoms with Gasteiger partial charge in [0.15, 0.2) is 0 Å². The third-order valence-corrected chi connectivity index (χ3v) is 5.05. The number of pyridine rings is 1. The van der Waals surface area contributed by atoms with E-state index >= 15 is 0 Å². The molecule has 3 heterocycles. The molecule has 1 aromatic heterocycles. The molecule has 1 aliphatic carbocycles. The number of rotatable bonds is 2. The van der Waals surface area contributed by atoms with E-state index in [2.05, 4.69) is 9.88 Å². The summed E-state index contributed by atoms with van der Waals surface area (Å²) in [6.45, 7) is 1.95. The van der Waals surface area contributed by atoms with Crippen LogP contribution >= 0.6 is 0 Å². The van der Waals surface area contributed by atoms with Crippen LogP contribution in [-0.2, 0) is 16.1 Å². The lowest BCUT2D eigenvalue weighted by molar-refractivity contribution is -0.143. The van der Waals surface area contributed by atoms with Crippen molar-refractivity contribution < 1.29 is 14.6 Å². The quantitative estimate of drug-likeness (QED) is 0.864. The van der Waals surface area contributed by atoms with Crippen molar-refractivity contribution in [3.05, 3.63) is 23.9 Å². The Morgan fingerprint density at radius 1 is 1.45 bits per heavy atom. The van der Waals surface area contributed by atoms with Crippen LogP contribution in [0.25, 0.3) is 0 Å². The number of fused-ring (bicyclic) bond motifs is 3. The number of aliphatic hydroxyl groups is 1. The Balaban J connectivity index is 1.68. The molecule has 0 bridgehead atoms. The summed E-state index contributed by atoms with van der Waals surface area (Å²) in [5.41, 5.74) is -0.0732. The minimum absolute atomic E-state index is 0.134. The van der Waals surface area contributed by atoms with Gasteiger partial charge in [-0.05, 0) is 25.3 Å². The van der Waals surface area contributed by atoms with Crippen LogP contribution in [0.1, 0.15) is 24.8 Å². The van der Waals surface area contributed by atoms with Gasteiger partial charge in [0.05, 0.1) is 12.1 Å². The minimum Gasteiger partial charge on any atom is -0.380 e. The van der Waals surface area contributed by atoms with Gasteiger partial charge in [-0.25, -0.2) is 4.98 Å². The van der Waals surface area contributed by atoms with Crippen LogP contribution in [0.3, 0.4) is 0 Å². The molecule has 6 nitrogen and oxygen atoms in total. The minimum atomic E-state index is -1.11. The first-order valence-electron chi connectivity index (χ1n) is 7.86. The summed E-state index contributed by atoms with van der Waals surface area (Å²) in [5, 5.41) is 10.2. The second kappa shape index (κ2) is 4.93. The van der Waals surface area contributed by atoms with Crippen molar-refractivity contribution >= 4 is 11.7 Å². The van der Waals surface area contributed by atoms with Crippen LogP contribution in [-0.4, -0.2) is 58.8 Å². The van der Waals surface area contributed by atoms with E-state index in [1.165, 1.54) is 0 Å². The largest absolute Gasteiger partial charge is 0.380 e. The predicted molar refractivity (Wildman–Crippen MR) is 80.4 cm³/mol. The SMILES string of the molecule is CO[C@@H]1C[C@H]2CN(C(=O)C3(O)CC3)Cc3cccnc3N2C1. The Morgan fingerprint density at radius 2 is 2.27 bits per heavy atom. The number of ether oxygens (including phenoxy) is 1. The highest BCUT2D eigenvalue weighted by molar-refractivity contribution is 5.88. The molecule has 3 aliphatic rings. The van der Waals surface area contributed by atoms with Gasteiger partial charge in [0, 0.05) is 38.5 Å². The second-order valence-electron chi connectivity index (χ2n) is 6.60. The molecule has 118 valence electrons. The average Bonchev–Trinajstić information content (AvgIpc) is 3.19. The van der Waals surface area contributed by atoms with E-state index in [-0.39, 0.29) is 18.1 Å². The number of hydrogen-bond acceptors (Lipinski definition) is 5. The fourth-order valence-electron chi connectivity index (χ4n) is 3.60. The summed E-state index contributed by atoms with van der Waals surface area (Å²) in [6, 6.07) is 4.12. The summed E-state index contributed by atoms with van der Waals surface area (Å²) >= 11 is 0. The van der Waals surface area contributed by atoms with E-state index in [0.29, 0.717) is 25.9 Å². The summed E-state index contributed by atoms with van der Waals surface area (Å²) in [4.78, 5) is 21.2. The highest BCUT2D eigenvalue weighted by atomic mass is 16.5. The van der Waals surface area contributed by atoms with E-state index in [1.54, 1.807) is 18.2 Å². The van der Waals surface area contributed by atoms with Gasteiger partial charge in [-0.1, -0.05) is 6.07 Å². The molecule has 1 amide bonds. The third-order valence-electron chi connectivity index (χ3n) is 5.05. The zero-order valence-corrected chi connectivity index (χ0v) is 12.7. The van der Waals surface area contributed by atoms with E-state index in [1.807, 2.05) is 12.1 Å². The first kappa shape index (κ1) is 14.0. The zero-order valence-electron chi connectivity index (χ0n) is 12.7. The summed E-state index contributed by atoms with van der Waals surface area (Å²) in [7, 11) is 1.73. The lowest BCUT2D eigenvalue weighted by Gasteiger charge is -2.27. The summed E-state index contributed by atoms with van der Waals surface area (Å²) in [5.74, 6) is 0.815. The van der Waals surface area contributed by atoms with E-state index in [9.17, 15) is 9.90 Å². The van der Waals surface area contributed by atoms with Crippen molar-refractivity contribution in [3.8, 4) is 0 Å². The standard InChI is InChI=1S/C16H21N3O3/c1-22-13-7-12-9-18(15(20)16(21)4-5-16)8-11-3-2-6-17-14(11)19(12)10-13/h2-3,6,12-13,21H,4-5,7-10H2,1H3/t12-,13+/m0/s1. The van der Waals surface area contributed by atoms with Crippen LogP contribution in [0.4, 0.5) is 5.82 Å². The molecule has 0 aromatic carbocycles. The summed E-state index contributed by atoms with van der Waals surface area (Å²) in [6.07, 6.45) is 4.00. The molecule has 2 atom stereocenters. The van der Waals surface area contributed by atoms with Gasteiger partial charge in [0.2, 0.25) is 0 Å². The summed E-state index contributed by atoms with van der Waals surface area (Å²) < 4.78 is 5.51. The molecular formula is C16H21N3O3. The van der Waals surface area contributed by atoms with Crippen LogP contribution in [0, 0.1) is 0 Å². The molecule has 0 spiro atoms. The number of nitrogens with zero attached hydrogens (tertiary/aromatic N) is 3. The maximum Gasteiger partial charge on any atom is 0.254 e. The van der Waals surface area contributed by atoms with E-state index in [0.717, 1.165) is 24.3 Å². The van der Waals surface area contributed by atoms with Crippen LogP contribution in [0.2, 0.25) is 0 Å². The van der Waals surface area contributed by atoms with E-state index < -0.39 is 5.60 Å². The fraction of sp³-hybridized carbons (Fsp3) is 0.625. The molecule has 1 saturated heterocycles. The topological polar surface area (TPSA) is 65.9 Å². The number of methoxy groups -OCH3 is 1. The van der Waals surface area contributed by atoms with Crippen molar-refractivity contribution in [2.45, 2.75) is 43.6 Å². The van der Waals surface area contributed by atoms with Gasteiger partial charge >= 0.3 is 0 Å². The molecule has 1 N–H and O–H groups in total. The Kier molecular flexibility index (Phi) is 3.13. The van der Waals surface area contributed by atoms with Gasteiger partial charge in [-0.15, -0.1) is 0 Å². The third kappa shape index (κ3) is 2.18. The molecule has 0 unspecified atom stereocenters. The number of carbonyl (C=O) groups is 1. The van der Waals surface area contributed by atoms with E-state index in [4.69, 9.17) is 4.74 Å². The molecule has 1 aromatic rings. The lowest BCUT2D eigenvalue weighted by atomic mass is 10.1. The van der Waals surface area contributed by atoms with Gasteiger partial charge in [0.25, 0.3) is 5.91 Å². The molecule has 1 saturated carbocycles. The monoisotopic (exact) mass is 303 g/mol. The van der Waals surface area contributed by atoms with Crippen LogP contribution < -0.4 is 4.90 Å². The predicted octanol–water partition coefficient (Wildman–Crippen LogP) is 0.542. The Labute approximate surface area is 129 Å². The smallest absolute Gasteiger partial charge is 0.254 e. The fourth-order valence-corrected chi connectivity index (χ4v) is 3.60. The average molecular weight is 303 g/mol. The molecule has 0 radical (unpaired) electrons. The number of aromatic nitrogens is 1. The van der Waals surface area contributed by atoms with Crippen molar-refractivity contribution in [2.75, 3.05) is 25.1 Å². The Hall–Kier alpha value is -1.66. The van der Waals surface area contributed by atoms with Crippen LogP contribution in [0.5, 0.6) is 0 Å².